The summed E-state index contributed by atoms with van der Waals surface area (Å²) in [6.07, 6.45) is 6.78. The minimum absolute atomic E-state index is 0.140. The normalized spacial score (nSPS) is 15.7. The van der Waals surface area contributed by atoms with Crippen molar-refractivity contribution in [2.75, 3.05) is 0 Å². The van der Waals surface area contributed by atoms with E-state index in [1.165, 1.54) is 66.2 Å². The van der Waals surface area contributed by atoms with E-state index < -0.39 is 85.9 Å². The van der Waals surface area contributed by atoms with Crippen molar-refractivity contribution in [3.8, 4) is 0 Å². The maximum Gasteiger partial charge on any atom is 0.332 e. The summed E-state index contributed by atoms with van der Waals surface area (Å²) in [4.78, 5) is 128. The fourth-order valence-electron chi connectivity index (χ4n) is 11.9. The van der Waals surface area contributed by atoms with Crippen molar-refractivity contribution < 1.29 is 0 Å². The lowest BCUT2D eigenvalue weighted by atomic mass is 9.49. The van der Waals surface area contributed by atoms with Gasteiger partial charge < -0.3 is 18.3 Å². The van der Waals surface area contributed by atoms with Crippen LogP contribution in [-0.2, 0) is 56.4 Å². The number of aromatic nitrogens is 16. The van der Waals surface area contributed by atoms with Crippen LogP contribution >= 0.6 is 0 Å². The van der Waals surface area contributed by atoms with Gasteiger partial charge in [0, 0.05) is 86.0 Å². The molecule has 8 aromatic rings. The summed E-state index contributed by atoms with van der Waals surface area (Å²) in [7, 11) is 11.8. The molecule has 0 fully saturated rings. The van der Waals surface area contributed by atoms with Crippen molar-refractivity contribution in [1.29, 1.82) is 0 Å². The zero-order valence-corrected chi connectivity index (χ0v) is 41.0. The first kappa shape index (κ1) is 47.1. The van der Waals surface area contributed by atoms with E-state index in [0.717, 1.165) is 18.3 Å². The van der Waals surface area contributed by atoms with E-state index in [4.69, 9.17) is 4.98 Å². The molecule has 0 aromatic carbocycles. The minimum atomic E-state index is -1.24. The van der Waals surface area contributed by atoms with Gasteiger partial charge in [0.1, 0.15) is 0 Å². The van der Waals surface area contributed by atoms with Crippen LogP contribution in [0, 0.1) is 16.7 Å². The van der Waals surface area contributed by atoms with Crippen molar-refractivity contribution in [1.82, 2.24) is 74.7 Å². The molecule has 362 valence electrons. The van der Waals surface area contributed by atoms with Gasteiger partial charge in [0.25, 0.3) is 22.2 Å². The monoisotopic (exact) mass is 938 g/mol. The molecule has 0 aliphatic heterocycles. The van der Waals surface area contributed by atoms with Gasteiger partial charge in [0.15, 0.2) is 44.7 Å². The van der Waals surface area contributed by atoms with Crippen LogP contribution in [0.2, 0.25) is 0 Å². The Balaban J connectivity index is 1.52. The Bertz CT molecular complexity index is 3910. The fourth-order valence-corrected chi connectivity index (χ4v) is 11.9. The molecule has 6 unspecified atom stereocenters. The van der Waals surface area contributed by atoms with E-state index in [1.807, 2.05) is 39.2 Å². The van der Waals surface area contributed by atoms with Crippen molar-refractivity contribution in [3.63, 3.8) is 0 Å². The first-order valence-corrected chi connectivity index (χ1v) is 22.3. The number of fused-ring (bicyclic) bond motifs is 4. The van der Waals surface area contributed by atoms with Gasteiger partial charge in [-0.2, -0.15) is 0 Å². The second-order valence-electron chi connectivity index (χ2n) is 19.1. The zero-order chi connectivity index (χ0) is 50.1. The highest BCUT2D eigenvalue weighted by atomic mass is 16.2. The van der Waals surface area contributed by atoms with Gasteiger partial charge in [0.2, 0.25) is 0 Å². The summed E-state index contributed by atoms with van der Waals surface area (Å²) >= 11 is 0. The molecule has 68 heavy (non-hydrogen) atoms. The van der Waals surface area contributed by atoms with Gasteiger partial charge >= 0.3 is 22.8 Å². The molecular formula is C44H58N16O8. The second-order valence-corrected chi connectivity index (χ2v) is 19.1. The van der Waals surface area contributed by atoms with E-state index >= 15 is 0 Å². The molecule has 0 N–H and O–H groups in total. The van der Waals surface area contributed by atoms with E-state index in [-0.39, 0.29) is 51.1 Å². The van der Waals surface area contributed by atoms with Gasteiger partial charge in [-0.1, -0.05) is 27.7 Å². The topological polar surface area (TPSA) is 247 Å². The van der Waals surface area contributed by atoms with E-state index in [1.54, 1.807) is 47.5 Å². The summed E-state index contributed by atoms with van der Waals surface area (Å²) in [5.74, 6) is -0.611. The van der Waals surface area contributed by atoms with Crippen LogP contribution in [0.4, 0.5) is 0 Å². The zero-order valence-electron chi connectivity index (χ0n) is 41.0. The molecule has 0 bridgehead atoms. The molecule has 8 rings (SSSR count). The first-order valence-electron chi connectivity index (χ1n) is 22.3. The molecule has 0 amide bonds. The second kappa shape index (κ2) is 15.9. The SMILES string of the molecule is CCC(n1cnc2c1c(=O)n(C)c(=O)n2C)C(C(C)C(C)n1cnc2c1c(=O)n(C)c(=O)n2C)(C(C)n1cnc2c1c(=O)n(C)c(=O)n2C)C(C)(C)CC(C)n1cnc2c1c(=O)n(C)c(=O)n2C. The first-order chi connectivity index (χ1) is 31.8. The highest BCUT2D eigenvalue weighted by molar-refractivity contribution is 5.72. The number of nitrogens with zero attached hydrogens (tertiary/aromatic N) is 16. The molecule has 8 aromatic heterocycles. The predicted octanol–water partition coefficient (Wildman–Crippen LogP) is 0.449. The van der Waals surface area contributed by atoms with Crippen molar-refractivity contribution >= 4 is 44.7 Å². The third-order valence-electron chi connectivity index (χ3n) is 15.4. The van der Waals surface area contributed by atoms with E-state index in [0.29, 0.717) is 6.42 Å². The third-order valence-corrected chi connectivity index (χ3v) is 15.4. The number of rotatable bonds is 12. The van der Waals surface area contributed by atoms with Crippen LogP contribution in [0.25, 0.3) is 44.7 Å². The maximum atomic E-state index is 14.5. The lowest BCUT2D eigenvalue weighted by Gasteiger charge is -2.60. The van der Waals surface area contributed by atoms with Gasteiger partial charge in [0.05, 0.1) is 25.3 Å². The lowest BCUT2D eigenvalue weighted by Crippen LogP contribution is -2.56. The molecule has 24 heteroatoms. The summed E-state index contributed by atoms with van der Waals surface area (Å²) in [5, 5.41) is 0. The quantitative estimate of drug-likeness (QED) is 0.162. The molecule has 0 radical (unpaired) electrons. The Morgan fingerprint density at radius 3 is 1.15 bits per heavy atom. The van der Waals surface area contributed by atoms with Gasteiger partial charge in [-0.25, -0.2) is 39.1 Å². The third kappa shape index (κ3) is 6.10. The van der Waals surface area contributed by atoms with Crippen LogP contribution < -0.4 is 45.0 Å². The van der Waals surface area contributed by atoms with Crippen molar-refractivity contribution in [2.45, 2.75) is 85.5 Å². The number of hydrogen-bond acceptors (Lipinski definition) is 12. The average Bonchev–Trinajstić information content (AvgIpc) is 4.14. The van der Waals surface area contributed by atoms with Gasteiger partial charge in [-0.3, -0.25) is 55.7 Å². The van der Waals surface area contributed by atoms with Gasteiger partial charge in [-0.15, -0.1) is 0 Å². The van der Waals surface area contributed by atoms with E-state index in [2.05, 4.69) is 28.8 Å². The van der Waals surface area contributed by atoms with Crippen LogP contribution in [0.15, 0.2) is 63.7 Å². The summed E-state index contributed by atoms with van der Waals surface area (Å²) in [6, 6.07) is -2.68. The largest absolute Gasteiger partial charge is 0.332 e. The van der Waals surface area contributed by atoms with Crippen LogP contribution in [0.3, 0.4) is 0 Å². The van der Waals surface area contributed by atoms with Crippen molar-refractivity contribution in [2.24, 2.45) is 73.1 Å². The summed E-state index contributed by atoms with van der Waals surface area (Å²) in [5.41, 5.74) is -5.36. The van der Waals surface area contributed by atoms with E-state index in [9.17, 15) is 38.4 Å². The molecule has 0 aliphatic rings. The average molecular weight is 939 g/mol. The molecular weight excluding hydrogens is 881 g/mol. The molecule has 24 nitrogen and oxygen atoms in total. The Labute approximate surface area is 385 Å². The van der Waals surface area contributed by atoms with Crippen LogP contribution in [0.5, 0.6) is 0 Å². The molecule has 0 aliphatic carbocycles. The molecule has 6 atom stereocenters. The Hall–Kier alpha value is -7.40. The molecule has 8 heterocycles. The summed E-state index contributed by atoms with van der Waals surface area (Å²) in [6.45, 7) is 14.0. The van der Waals surface area contributed by atoms with Crippen LogP contribution in [-0.4, -0.2) is 74.7 Å². The summed E-state index contributed by atoms with van der Waals surface area (Å²) < 4.78 is 16.5. The highest BCUT2D eigenvalue weighted by Crippen LogP contribution is 2.65. The Morgan fingerprint density at radius 1 is 0.456 bits per heavy atom. The lowest BCUT2D eigenvalue weighted by molar-refractivity contribution is -0.106. The molecule has 0 saturated heterocycles. The Kier molecular flexibility index (Phi) is 11.0. The number of aryl methyl sites for hydroxylation is 4. The minimum Gasteiger partial charge on any atom is -0.322 e. The molecule has 0 spiro atoms. The number of hydrogen-bond donors (Lipinski definition) is 0. The van der Waals surface area contributed by atoms with Crippen LogP contribution in [0.1, 0.15) is 85.5 Å². The molecule has 0 saturated carbocycles. The number of imidazole rings is 4. The Morgan fingerprint density at radius 2 is 0.765 bits per heavy atom. The predicted molar refractivity (Wildman–Crippen MR) is 254 cm³/mol. The fraction of sp³-hybridized carbons (Fsp3) is 0.545. The standard InChI is InChI=1S/C44H58N16O8/c1-16-26(60-21-48-34-30(60)38(64)56(15)42(68)52(34)11)44(25(5)59-20-47-33-29(59)37(63)55(14)41(67)51(33)10,23(3)24(4)58-19-46-32-28(58)36(62)54(13)40(66)50(32)9)43(6,7)17-22(2)57-18-45-31-27(57)35(61)53(12)39(65)49(31)8/h18-26H,16-17H2,1-15H3. The van der Waals surface area contributed by atoms with Crippen molar-refractivity contribution in [3.05, 3.63) is 109 Å². The highest BCUT2D eigenvalue weighted by Gasteiger charge is 2.60. The van der Waals surface area contributed by atoms with Gasteiger partial charge in [-0.05, 0) is 44.9 Å². The maximum absolute atomic E-state index is 14.5. The smallest absolute Gasteiger partial charge is 0.322 e.